The lowest BCUT2D eigenvalue weighted by atomic mass is 10.2. The van der Waals surface area contributed by atoms with E-state index in [2.05, 4.69) is 45.7 Å². The lowest BCUT2D eigenvalue weighted by molar-refractivity contribution is 0.0784. The summed E-state index contributed by atoms with van der Waals surface area (Å²) in [7, 11) is -1.08. The van der Waals surface area contributed by atoms with Gasteiger partial charge in [-0.2, -0.15) is 9.49 Å². The highest BCUT2D eigenvalue weighted by molar-refractivity contribution is 9.10. The van der Waals surface area contributed by atoms with E-state index in [1.807, 2.05) is 6.20 Å². The Morgan fingerprint density at radius 2 is 2.05 bits per heavy atom. The molecule has 0 saturated carbocycles. The second-order valence-corrected chi connectivity index (χ2v) is 12.9. The zero-order valence-corrected chi connectivity index (χ0v) is 15.9. The first-order valence-corrected chi connectivity index (χ1v) is 11.7. The molecule has 120 valence electrons. The van der Waals surface area contributed by atoms with Crippen molar-refractivity contribution in [3.8, 4) is 11.3 Å². The lowest BCUT2D eigenvalue weighted by Gasteiger charge is -2.15. The van der Waals surface area contributed by atoms with Gasteiger partial charge in [0.2, 0.25) is 5.95 Å². The summed E-state index contributed by atoms with van der Waals surface area (Å²) in [5.41, 5.74) is 1.85. The Bertz CT molecular complexity index is 655. The number of rotatable bonds is 6. The summed E-state index contributed by atoms with van der Waals surface area (Å²) >= 11 is 3.39. The Morgan fingerprint density at radius 1 is 1.32 bits per heavy atom. The molecule has 22 heavy (non-hydrogen) atoms. The van der Waals surface area contributed by atoms with Gasteiger partial charge in [-0.05, 0) is 35.0 Å². The van der Waals surface area contributed by atoms with Gasteiger partial charge in [-0.15, -0.1) is 0 Å². The third-order valence-electron chi connectivity index (χ3n) is 3.25. The van der Waals surface area contributed by atoms with Crippen molar-refractivity contribution in [3.63, 3.8) is 0 Å². The maximum atomic E-state index is 13.6. The van der Waals surface area contributed by atoms with Crippen LogP contribution >= 0.6 is 15.9 Å². The van der Waals surface area contributed by atoms with E-state index >= 15 is 0 Å². The Labute approximate surface area is 139 Å². The summed E-state index contributed by atoms with van der Waals surface area (Å²) in [6.45, 7) is 9.76. The van der Waals surface area contributed by atoms with Gasteiger partial charge >= 0.3 is 0 Å². The van der Waals surface area contributed by atoms with Gasteiger partial charge in [0.15, 0.2) is 0 Å². The third-order valence-corrected chi connectivity index (χ3v) is 5.54. The summed E-state index contributed by atoms with van der Waals surface area (Å²) in [5, 5.41) is 4.33. The molecule has 0 unspecified atom stereocenters. The van der Waals surface area contributed by atoms with Crippen LogP contribution in [-0.2, 0) is 11.5 Å². The van der Waals surface area contributed by atoms with Crippen LogP contribution < -0.4 is 0 Å². The van der Waals surface area contributed by atoms with Gasteiger partial charge in [0.25, 0.3) is 0 Å². The molecule has 2 heterocycles. The number of ether oxygens (including phenoxy) is 1. The summed E-state index contributed by atoms with van der Waals surface area (Å²) < 4.78 is 21.6. The van der Waals surface area contributed by atoms with Crippen molar-refractivity contribution in [2.24, 2.45) is 0 Å². The van der Waals surface area contributed by atoms with E-state index < -0.39 is 14.0 Å². The van der Waals surface area contributed by atoms with Gasteiger partial charge in [0, 0.05) is 26.4 Å². The van der Waals surface area contributed by atoms with Gasteiger partial charge < -0.3 is 4.74 Å². The molecule has 0 N–H and O–H groups in total. The number of nitrogens with zero attached hydrogens (tertiary/aromatic N) is 3. The fourth-order valence-corrected chi connectivity index (χ4v) is 3.09. The van der Waals surface area contributed by atoms with Crippen LogP contribution in [0.2, 0.25) is 25.7 Å². The topological polar surface area (TPSA) is 39.9 Å². The monoisotopic (exact) mass is 385 g/mol. The van der Waals surface area contributed by atoms with Crippen molar-refractivity contribution >= 4 is 24.0 Å². The average Bonchev–Trinajstić information content (AvgIpc) is 2.78. The van der Waals surface area contributed by atoms with E-state index in [0.29, 0.717) is 22.6 Å². The quantitative estimate of drug-likeness (QED) is 0.418. The second-order valence-electron chi connectivity index (χ2n) is 6.53. The van der Waals surface area contributed by atoms with E-state index in [1.54, 1.807) is 23.7 Å². The number of aryl methyl sites for hydroxylation is 1. The van der Waals surface area contributed by atoms with E-state index in [4.69, 9.17) is 4.74 Å². The van der Waals surface area contributed by atoms with Crippen LogP contribution in [0.5, 0.6) is 0 Å². The van der Waals surface area contributed by atoms with Crippen LogP contribution in [0.15, 0.2) is 22.9 Å². The van der Waals surface area contributed by atoms with Crippen molar-refractivity contribution in [1.82, 2.24) is 14.8 Å². The predicted octanol–water partition coefficient (Wildman–Crippen LogP) is 4.47. The smallest absolute Gasteiger partial charge is 0.216 e. The van der Waals surface area contributed by atoms with Crippen molar-refractivity contribution < 1.29 is 9.13 Å². The molecule has 0 aliphatic carbocycles. The van der Waals surface area contributed by atoms with Crippen LogP contribution in [-0.4, -0.2) is 29.4 Å². The average molecular weight is 386 g/mol. The van der Waals surface area contributed by atoms with Gasteiger partial charge in [-0.3, -0.25) is 0 Å². The molecule has 0 fully saturated rings. The molecule has 0 spiro atoms. The van der Waals surface area contributed by atoms with Crippen molar-refractivity contribution in [2.75, 3.05) is 6.61 Å². The fourth-order valence-electron chi connectivity index (χ4n) is 1.83. The minimum Gasteiger partial charge on any atom is -0.360 e. The summed E-state index contributed by atoms with van der Waals surface area (Å²) in [5.74, 6) is -0.455. The number of aromatic nitrogens is 3. The summed E-state index contributed by atoms with van der Waals surface area (Å²) in [4.78, 5) is 3.96. The van der Waals surface area contributed by atoms with E-state index in [9.17, 15) is 4.39 Å². The van der Waals surface area contributed by atoms with E-state index in [0.717, 1.165) is 18.2 Å². The maximum absolute atomic E-state index is 13.6. The van der Waals surface area contributed by atoms with Crippen LogP contribution in [0.25, 0.3) is 11.3 Å². The third kappa shape index (κ3) is 4.72. The van der Waals surface area contributed by atoms with E-state index in [1.165, 1.54) is 0 Å². The zero-order valence-electron chi connectivity index (χ0n) is 13.4. The number of pyridine rings is 1. The fraction of sp³-hybridized carbons (Fsp3) is 0.467. The molecule has 0 radical (unpaired) electrons. The normalized spacial score (nSPS) is 11.9. The molecular formula is C15H21BrFN3OSi. The maximum Gasteiger partial charge on any atom is 0.216 e. The highest BCUT2D eigenvalue weighted by Crippen LogP contribution is 2.26. The molecule has 2 aromatic heterocycles. The standard InChI is InChI=1S/C15H21BrFN3OSi/c1-11-5-6-13(18-15(11)17)12-9-20(19-14(12)16)10-21-7-8-22(2,3)4/h5-6,9H,7-8,10H2,1-4H3. The molecule has 2 rings (SSSR count). The Hall–Kier alpha value is -1.05. The Kier molecular flexibility index (Phi) is 5.52. The number of hydrogen-bond acceptors (Lipinski definition) is 3. The highest BCUT2D eigenvalue weighted by atomic mass is 79.9. The molecule has 0 amide bonds. The molecule has 7 heteroatoms. The molecule has 2 aromatic rings. The Balaban J connectivity index is 2.03. The van der Waals surface area contributed by atoms with Crippen LogP contribution in [0.3, 0.4) is 0 Å². The van der Waals surface area contributed by atoms with Crippen LogP contribution in [0.4, 0.5) is 4.39 Å². The van der Waals surface area contributed by atoms with Gasteiger partial charge in [-0.25, -0.2) is 9.67 Å². The lowest BCUT2D eigenvalue weighted by Crippen LogP contribution is -2.22. The largest absolute Gasteiger partial charge is 0.360 e. The summed E-state index contributed by atoms with van der Waals surface area (Å²) in [6.07, 6.45) is 1.82. The van der Waals surface area contributed by atoms with Crippen LogP contribution in [0, 0.1) is 12.9 Å². The second kappa shape index (κ2) is 7.02. The predicted molar refractivity (Wildman–Crippen MR) is 92.0 cm³/mol. The molecule has 0 aromatic carbocycles. The van der Waals surface area contributed by atoms with E-state index in [-0.39, 0.29) is 0 Å². The summed E-state index contributed by atoms with van der Waals surface area (Å²) in [6, 6.07) is 4.62. The first-order chi connectivity index (χ1) is 10.3. The molecule has 0 saturated heterocycles. The van der Waals surface area contributed by atoms with Crippen molar-refractivity contribution in [1.29, 1.82) is 0 Å². The minimum atomic E-state index is -1.08. The van der Waals surface area contributed by atoms with Gasteiger partial charge in [0.1, 0.15) is 11.3 Å². The first-order valence-electron chi connectivity index (χ1n) is 7.20. The number of halogens is 2. The number of hydrogen-bond donors (Lipinski definition) is 0. The van der Waals surface area contributed by atoms with Crippen molar-refractivity contribution in [2.45, 2.75) is 39.3 Å². The molecule has 4 nitrogen and oxygen atoms in total. The molecule has 0 atom stereocenters. The van der Waals surface area contributed by atoms with Crippen molar-refractivity contribution in [3.05, 3.63) is 34.4 Å². The molecule has 0 bridgehead atoms. The molecule has 0 aliphatic heterocycles. The van der Waals surface area contributed by atoms with Gasteiger partial charge in [0.05, 0.1) is 11.3 Å². The minimum absolute atomic E-state index is 0.386. The van der Waals surface area contributed by atoms with Crippen LogP contribution in [0.1, 0.15) is 5.56 Å². The molecular weight excluding hydrogens is 365 g/mol. The Morgan fingerprint density at radius 3 is 2.68 bits per heavy atom. The zero-order chi connectivity index (χ0) is 16.3. The SMILES string of the molecule is Cc1ccc(-c2cn(COCC[Si](C)(C)C)nc2Br)nc1F. The first kappa shape index (κ1) is 17.3. The highest BCUT2D eigenvalue weighted by Gasteiger charge is 2.14. The molecule has 0 aliphatic rings. The van der Waals surface area contributed by atoms with Gasteiger partial charge in [-0.1, -0.05) is 25.7 Å².